The Morgan fingerprint density at radius 3 is 2.85 bits per heavy atom. The third kappa shape index (κ3) is 3.03. The smallest absolute Gasteiger partial charge is 0.223 e. The van der Waals surface area contributed by atoms with Crippen molar-refractivity contribution in [2.75, 3.05) is 13.1 Å². The predicted molar refractivity (Wildman–Crippen MR) is 75.1 cm³/mol. The lowest BCUT2D eigenvalue weighted by Gasteiger charge is -2.33. The van der Waals surface area contributed by atoms with E-state index in [0.29, 0.717) is 12.0 Å². The molecule has 2 aliphatic rings. The van der Waals surface area contributed by atoms with Gasteiger partial charge in [0.2, 0.25) is 5.91 Å². The van der Waals surface area contributed by atoms with Gasteiger partial charge in [-0.15, -0.1) is 0 Å². The Bertz CT molecular complexity index is 474. The van der Waals surface area contributed by atoms with E-state index >= 15 is 0 Å². The molecule has 110 valence electrons. The summed E-state index contributed by atoms with van der Waals surface area (Å²) in [5.41, 5.74) is 2.17. The Kier molecular flexibility index (Phi) is 3.78. The number of piperidine rings is 1. The van der Waals surface area contributed by atoms with E-state index in [-0.39, 0.29) is 5.91 Å². The molecule has 0 spiro atoms. The third-order valence-corrected chi connectivity index (χ3v) is 4.36. The highest BCUT2D eigenvalue weighted by molar-refractivity contribution is 5.81. The minimum absolute atomic E-state index is 0.259. The molecule has 1 N–H and O–H groups in total. The molecule has 1 saturated heterocycles. The fourth-order valence-electron chi connectivity index (χ4n) is 2.93. The number of amides is 1. The Balaban J connectivity index is 1.56. The Morgan fingerprint density at radius 1 is 1.40 bits per heavy atom. The number of hydrogen-bond acceptors (Lipinski definition) is 4. The van der Waals surface area contributed by atoms with Gasteiger partial charge in [-0.05, 0) is 46.1 Å². The van der Waals surface area contributed by atoms with Crippen molar-refractivity contribution in [1.29, 1.82) is 0 Å². The first-order valence-corrected chi connectivity index (χ1v) is 7.58. The first kappa shape index (κ1) is 13.6. The second-order valence-corrected chi connectivity index (χ2v) is 6.16. The van der Waals surface area contributed by atoms with Crippen LogP contribution in [-0.2, 0) is 11.3 Å². The summed E-state index contributed by atoms with van der Waals surface area (Å²) in [6.07, 6.45) is 4.37. The average molecular weight is 277 g/mol. The van der Waals surface area contributed by atoms with Gasteiger partial charge in [-0.3, -0.25) is 9.69 Å². The monoisotopic (exact) mass is 277 g/mol. The van der Waals surface area contributed by atoms with Crippen LogP contribution in [0.5, 0.6) is 0 Å². The number of nitrogens with zero attached hydrogens (tertiary/aromatic N) is 2. The van der Waals surface area contributed by atoms with Gasteiger partial charge in [-0.25, -0.2) is 0 Å². The zero-order valence-corrected chi connectivity index (χ0v) is 12.3. The molecule has 0 bridgehead atoms. The van der Waals surface area contributed by atoms with Crippen molar-refractivity contribution in [1.82, 2.24) is 15.4 Å². The number of nitrogens with one attached hydrogen (secondary N) is 1. The van der Waals surface area contributed by atoms with E-state index in [1.165, 1.54) is 5.56 Å². The van der Waals surface area contributed by atoms with Crippen LogP contribution in [0.2, 0.25) is 0 Å². The molecule has 2 fully saturated rings. The van der Waals surface area contributed by atoms with Crippen LogP contribution < -0.4 is 5.32 Å². The van der Waals surface area contributed by atoms with Crippen LogP contribution in [0.15, 0.2) is 4.52 Å². The van der Waals surface area contributed by atoms with E-state index in [9.17, 15) is 4.79 Å². The van der Waals surface area contributed by atoms with E-state index in [4.69, 9.17) is 4.52 Å². The first-order valence-electron chi connectivity index (χ1n) is 7.58. The number of likely N-dealkylation sites (tertiary alicyclic amines) is 1. The van der Waals surface area contributed by atoms with Gasteiger partial charge in [0.05, 0.1) is 5.69 Å². The Labute approximate surface area is 119 Å². The number of aromatic nitrogens is 1. The van der Waals surface area contributed by atoms with Crippen LogP contribution in [-0.4, -0.2) is 35.1 Å². The number of carbonyl (C=O) groups is 1. The number of rotatable bonds is 4. The van der Waals surface area contributed by atoms with Gasteiger partial charge >= 0.3 is 0 Å². The number of aryl methyl sites for hydroxylation is 2. The molecule has 1 atom stereocenters. The Morgan fingerprint density at radius 2 is 2.20 bits per heavy atom. The largest absolute Gasteiger partial charge is 0.361 e. The molecule has 1 aliphatic carbocycles. The highest BCUT2D eigenvalue weighted by Crippen LogP contribution is 2.29. The summed E-state index contributed by atoms with van der Waals surface area (Å²) in [5.74, 6) is 1.47. The van der Waals surface area contributed by atoms with Gasteiger partial charge in [0.25, 0.3) is 0 Å². The molecule has 1 unspecified atom stereocenters. The summed E-state index contributed by atoms with van der Waals surface area (Å²) in [6.45, 7) is 6.84. The molecule has 5 heteroatoms. The van der Waals surface area contributed by atoms with E-state index in [1.54, 1.807) is 0 Å². The topological polar surface area (TPSA) is 58.4 Å². The molecule has 1 aromatic rings. The maximum Gasteiger partial charge on any atom is 0.223 e. The van der Waals surface area contributed by atoms with Crippen molar-refractivity contribution < 1.29 is 9.32 Å². The second kappa shape index (κ2) is 5.56. The summed E-state index contributed by atoms with van der Waals surface area (Å²) in [4.78, 5) is 14.2. The average Bonchev–Trinajstić information content (AvgIpc) is 3.22. The van der Waals surface area contributed by atoms with Crippen molar-refractivity contribution in [3.8, 4) is 0 Å². The van der Waals surface area contributed by atoms with Crippen LogP contribution >= 0.6 is 0 Å². The summed E-state index contributed by atoms with van der Waals surface area (Å²) < 4.78 is 5.22. The third-order valence-electron chi connectivity index (χ3n) is 4.36. The highest BCUT2D eigenvalue weighted by atomic mass is 16.5. The van der Waals surface area contributed by atoms with Crippen molar-refractivity contribution >= 4 is 5.91 Å². The van der Waals surface area contributed by atoms with Gasteiger partial charge in [0.1, 0.15) is 5.76 Å². The molecule has 0 radical (unpaired) electrons. The molecule has 1 aromatic heterocycles. The lowest BCUT2D eigenvalue weighted by Crippen LogP contribution is -2.47. The van der Waals surface area contributed by atoms with Gasteiger partial charge in [-0.1, -0.05) is 5.16 Å². The first-order chi connectivity index (χ1) is 9.63. The fraction of sp³-hybridized carbons (Fsp3) is 0.733. The molecule has 2 heterocycles. The SMILES string of the molecule is Cc1noc(C)c1CN1CCCC(NC(=O)C2CC2)C1. The summed E-state index contributed by atoms with van der Waals surface area (Å²) in [7, 11) is 0. The zero-order chi connectivity index (χ0) is 14.1. The lowest BCUT2D eigenvalue weighted by atomic mass is 10.0. The molecule has 1 amide bonds. The van der Waals surface area contributed by atoms with Gasteiger partial charge in [0.15, 0.2) is 0 Å². The fourth-order valence-corrected chi connectivity index (χ4v) is 2.93. The highest BCUT2D eigenvalue weighted by Gasteiger charge is 2.32. The number of carbonyl (C=O) groups excluding carboxylic acids is 1. The molecular weight excluding hydrogens is 254 g/mol. The van der Waals surface area contributed by atoms with Gasteiger partial charge in [-0.2, -0.15) is 0 Å². The van der Waals surface area contributed by atoms with Crippen molar-refractivity contribution in [3.63, 3.8) is 0 Å². The quantitative estimate of drug-likeness (QED) is 0.911. The molecule has 5 nitrogen and oxygen atoms in total. The predicted octanol–water partition coefficient (Wildman–Crippen LogP) is 1.78. The second-order valence-electron chi connectivity index (χ2n) is 6.16. The molecule has 1 aliphatic heterocycles. The number of hydrogen-bond donors (Lipinski definition) is 1. The van der Waals surface area contributed by atoms with E-state index in [1.807, 2.05) is 13.8 Å². The van der Waals surface area contributed by atoms with E-state index < -0.39 is 0 Å². The molecule has 1 saturated carbocycles. The Hall–Kier alpha value is -1.36. The molecular formula is C15H23N3O2. The minimum atomic E-state index is 0.259. The van der Waals surface area contributed by atoms with Crippen LogP contribution in [0, 0.1) is 19.8 Å². The summed E-state index contributed by atoms with van der Waals surface area (Å²) in [5, 5.41) is 7.21. The van der Waals surface area contributed by atoms with Crippen molar-refractivity contribution in [2.24, 2.45) is 5.92 Å². The van der Waals surface area contributed by atoms with Gasteiger partial charge in [0, 0.05) is 30.6 Å². The van der Waals surface area contributed by atoms with Crippen molar-refractivity contribution in [3.05, 3.63) is 17.0 Å². The lowest BCUT2D eigenvalue weighted by molar-refractivity contribution is -0.123. The normalized spacial score (nSPS) is 23.8. The zero-order valence-electron chi connectivity index (χ0n) is 12.3. The van der Waals surface area contributed by atoms with Gasteiger partial charge < -0.3 is 9.84 Å². The molecule has 3 rings (SSSR count). The van der Waals surface area contributed by atoms with Crippen LogP contribution in [0.3, 0.4) is 0 Å². The van der Waals surface area contributed by atoms with Crippen LogP contribution in [0.25, 0.3) is 0 Å². The minimum Gasteiger partial charge on any atom is -0.361 e. The molecule has 20 heavy (non-hydrogen) atoms. The van der Waals surface area contributed by atoms with Crippen LogP contribution in [0.1, 0.15) is 42.7 Å². The summed E-state index contributed by atoms with van der Waals surface area (Å²) >= 11 is 0. The van der Waals surface area contributed by atoms with E-state index in [0.717, 1.165) is 56.8 Å². The summed E-state index contributed by atoms with van der Waals surface area (Å²) in [6, 6.07) is 0.303. The van der Waals surface area contributed by atoms with E-state index in [2.05, 4.69) is 15.4 Å². The standard InChI is InChI=1S/C15H23N3O2/c1-10-14(11(2)20-17-10)9-18-7-3-4-13(8-18)16-15(19)12-5-6-12/h12-13H,3-9H2,1-2H3,(H,16,19). The van der Waals surface area contributed by atoms with Crippen LogP contribution in [0.4, 0.5) is 0 Å². The van der Waals surface area contributed by atoms with Crippen molar-refractivity contribution in [2.45, 2.75) is 52.1 Å². The maximum absolute atomic E-state index is 11.9. The maximum atomic E-state index is 11.9. The molecule has 0 aromatic carbocycles.